The molecule has 0 N–H and O–H groups in total. The Labute approximate surface area is 159 Å². The number of carbonyl (C=O) groups is 1. The Morgan fingerprint density at radius 2 is 1.72 bits per heavy atom. The van der Waals surface area contributed by atoms with E-state index in [0.29, 0.717) is 31.1 Å². The maximum Gasteiger partial charge on any atom is 0.264 e. The van der Waals surface area contributed by atoms with Gasteiger partial charge in [-0.1, -0.05) is 30.3 Å². The van der Waals surface area contributed by atoms with Crippen LogP contribution in [-0.4, -0.2) is 49.7 Å². The fourth-order valence-corrected chi connectivity index (χ4v) is 5.07. The van der Waals surface area contributed by atoms with Crippen molar-refractivity contribution in [2.45, 2.75) is 0 Å². The van der Waals surface area contributed by atoms with E-state index in [1.807, 2.05) is 36.4 Å². The molecule has 1 fully saturated rings. The first-order valence-corrected chi connectivity index (χ1v) is 10.8. The normalized spacial score (nSPS) is 16.4. The van der Waals surface area contributed by atoms with Crippen molar-refractivity contribution < 1.29 is 13.2 Å². The van der Waals surface area contributed by atoms with Gasteiger partial charge in [-0.3, -0.25) is 4.79 Å². The van der Waals surface area contributed by atoms with Gasteiger partial charge in [0, 0.05) is 31.6 Å². The van der Waals surface area contributed by atoms with Gasteiger partial charge in [-0.2, -0.15) is 4.31 Å². The van der Waals surface area contributed by atoms with Crippen LogP contribution in [0.1, 0.15) is 15.2 Å². The molecule has 1 amide bonds. The number of rotatable bonds is 4. The predicted octanol–water partition coefficient (Wildman–Crippen LogP) is 3.27. The predicted molar refractivity (Wildman–Crippen MR) is 104 cm³/mol. The standard InChI is InChI=1S/C17H17BrN2O3S2/c18-16-7-6-15(24-16)17(21)19-9-11-20(12-10-19)25(22,23)13-8-14-4-2-1-3-5-14/h1-8,13H,9-12H2/b13-8+. The third-order valence-corrected chi connectivity index (χ3v) is 7.08. The van der Waals surface area contributed by atoms with Gasteiger partial charge < -0.3 is 4.90 Å². The first kappa shape index (κ1) is 18.3. The summed E-state index contributed by atoms with van der Waals surface area (Å²) in [6.45, 7) is 1.40. The van der Waals surface area contributed by atoms with Gasteiger partial charge in [-0.05, 0) is 39.7 Å². The molecule has 1 aliphatic rings. The summed E-state index contributed by atoms with van der Waals surface area (Å²) < 4.78 is 27.2. The van der Waals surface area contributed by atoms with Gasteiger partial charge in [-0.15, -0.1) is 11.3 Å². The molecule has 5 nitrogen and oxygen atoms in total. The summed E-state index contributed by atoms with van der Waals surface area (Å²) in [6.07, 6.45) is 1.59. The van der Waals surface area contributed by atoms with Crippen LogP contribution in [-0.2, 0) is 10.0 Å². The van der Waals surface area contributed by atoms with E-state index in [9.17, 15) is 13.2 Å². The number of carbonyl (C=O) groups excluding carboxylic acids is 1. The lowest BCUT2D eigenvalue weighted by atomic mass is 10.2. The van der Waals surface area contributed by atoms with Gasteiger partial charge in [0.05, 0.1) is 8.66 Å². The van der Waals surface area contributed by atoms with Gasteiger partial charge in [-0.25, -0.2) is 8.42 Å². The number of benzene rings is 1. The number of amides is 1. The quantitative estimate of drug-likeness (QED) is 0.732. The Kier molecular flexibility index (Phi) is 5.73. The monoisotopic (exact) mass is 440 g/mol. The second-order valence-corrected chi connectivity index (χ2v) is 9.83. The second kappa shape index (κ2) is 7.82. The van der Waals surface area contributed by atoms with E-state index in [2.05, 4.69) is 15.9 Å². The van der Waals surface area contributed by atoms with Crippen LogP contribution in [0.15, 0.2) is 51.7 Å². The smallest absolute Gasteiger partial charge is 0.264 e. The highest BCUT2D eigenvalue weighted by molar-refractivity contribution is 9.11. The Bertz CT molecular complexity index is 870. The first-order chi connectivity index (χ1) is 12.0. The van der Waals surface area contributed by atoms with E-state index in [0.717, 1.165) is 9.35 Å². The zero-order valence-electron chi connectivity index (χ0n) is 13.3. The number of halogens is 1. The van der Waals surface area contributed by atoms with Crippen LogP contribution in [0.3, 0.4) is 0 Å². The highest BCUT2D eigenvalue weighted by Crippen LogP contribution is 2.24. The lowest BCUT2D eigenvalue weighted by Crippen LogP contribution is -2.49. The molecular formula is C17H17BrN2O3S2. The molecule has 0 aliphatic carbocycles. The molecule has 1 aromatic carbocycles. The lowest BCUT2D eigenvalue weighted by molar-refractivity contribution is 0.0703. The minimum Gasteiger partial charge on any atom is -0.335 e. The molecule has 0 saturated carbocycles. The number of hydrogen-bond acceptors (Lipinski definition) is 4. The van der Waals surface area contributed by atoms with E-state index >= 15 is 0 Å². The minimum atomic E-state index is -3.48. The van der Waals surface area contributed by atoms with Crippen molar-refractivity contribution >= 4 is 49.3 Å². The molecule has 0 unspecified atom stereocenters. The fourth-order valence-electron chi connectivity index (χ4n) is 2.55. The largest absolute Gasteiger partial charge is 0.335 e. The van der Waals surface area contributed by atoms with E-state index in [-0.39, 0.29) is 5.91 Å². The van der Waals surface area contributed by atoms with Gasteiger partial charge >= 0.3 is 0 Å². The van der Waals surface area contributed by atoms with E-state index in [1.165, 1.54) is 21.1 Å². The van der Waals surface area contributed by atoms with Crippen molar-refractivity contribution in [3.8, 4) is 0 Å². The summed E-state index contributed by atoms with van der Waals surface area (Å²) in [4.78, 5) is 14.8. The van der Waals surface area contributed by atoms with Gasteiger partial charge in [0.1, 0.15) is 0 Å². The van der Waals surface area contributed by atoms with Gasteiger partial charge in [0.15, 0.2) is 0 Å². The molecule has 2 heterocycles. The summed E-state index contributed by atoms with van der Waals surface area (Å²) in [7, 11) is -3.48. The molecule has 1 aliphatic heterocycles. The lowest BCUT2D eigenvalue weighted by Gasteiger charge is -2.33. The number of nitrogens with zero attached hydrogens (tertiary/aromatic N) is 2. The van der Waals surface area contributed by atoms with Crippen LogP contribution in [0.5, 0.6) is 0 Å². The molecule has 132 valence electrons. The number of hydrogen-bond donors (Lipinski definition) is 0. The molecule has 25 heavy (non-hydrogen) atoms. The molecule has 2 aromatic rings. The third kappa shape index (κ3) is 4.58. The topological polar surface area (TPSA) is 57.7 Å². The summed E-state index contributed by atoms with van der Waals surface area (Å²) >= 11 is 4.73. The molecule has 3 rings (SSSR count). The summed E-state index contributed by atoms with van der Waals surface area (Å²) in [5.41, 5.74) is 0.836. The van der Waals surface area contributed by atoms with Crippen LogP contribution < -0.4 is 0 Å². The number of thiophene rings is 1. The fraction of sp³-hybridized carbons (Fsp3) is 0.235. The highest BCUT2D eigenvalue weighted by atomic mass is 79.9. The van der Waals surface area contributed by atoms with E-state index < -0.39 is 10.0 Å². The van der Waals surface area contributed by atoms with Crippen LogP contribution in [0.25, 0.3) is 6.08 Å². The zero-order valence-corrected chi connectivity index (χ0v) is 16.6. The third-order valence-electron chi connectivity index (χ3n) is 3.90. The Balaban J connectivity index is 1.61. The van der Waals surface area contributed by atoms with Crippen molar-refractivity contribution in [3.63, 3.8) is 0 Å². The maximum atomic E-state index is 12.4. The zero-order chi connectivity index (χ0) is 17.9. The van der Waals surface area contributed by atoms with Crippen molar-refractivity contribution in [2.75, 3.05) is 26.2 Å². The average molecular weight is 441 g/mol. The van der Waals surface area contributed by atoms with Crippen molar-refractivity contribution in [1.82, 2.24) is 9.21 Å². The minimum absolute atomic E-state index is 0.0485. The molecular weight excluding hydrogens is 424 g/mol. The summed E-state index contributed by atoms with van der Waals surface area (Å²) in [5, 5.41) is 1.23. The first-order valence-electron chi connectivity index (χ1n) is 7.73. The number of sulfonamides is 1. The SMILES string of the molecule is O=C(c1ccc(Br)s1)N1CCN(S(=O)(=O)/C=C/c2ccccc2)CC1. The molecule has 0 atom stereocenters. The Morgan fingerprint density at radius 3 is 2.32 bits per heavy atom. The van der Waals surface area contributed by atoms with Crippen LogP contribution >= 0.6 is 27.3 Å². The molecule has 0 bridgehead atoms. The van der Waals surface area contributed by atoms with E-state index in [1.54, 1.807) is 17.0 Å². The molecule has 8 heteroatoms. The van der Waals surface area contributed by atoms with Crippen LogP contribution in [0.4, 0.5) is 0 Å². The Morgan fingerprint density at radius 1 is 1.04 bits per heavy atom. The van der Waals surface area contributed by atoms with Crippen molar-refractivity contribution in [3.05, 3.63) is 62.1 Å². The van der Waals surface area contributed by atoms with E-state index in [4.69, 9.17) is 0 Å². The molecule has 1 saturated heterocycles. The number of piperazine rings is 1. The average Bonchev–Trinajstić information content (AvgIpc) is 3.07. The van der Waals surface area contributed by atoms with Gasteiger partial charge in [0.2, 0.25) is 10.0 Å². The summed E-state index contributed by atoms with van der Waals surface area (Å²) in [6, 6.07) is 12.9. The van der Waals surface area contributed by atoms with Crippen molar-refractivity contribution in [2.24, 2.45) is 0 Å². The molecule has 0 radical (unpaired) electrons. The van der Waals surface area contributed by atoms with Crippen LogP contribution in [0.2, 0.25) is 0 Å². The summed E-state index contributed by atoms with van der Waals surface area (Å²) in [5.74, 6) is -0.0485. The highest BCUT2D eigenvalue weighted by Gasteiger charge is 2.28. The Hall–Kier alpha value is -1.48. The maximum absolute atomic E-state index is 12.4. The van der Waals surface area contributed by atoms with Crippen molar-refractivity contribution in [1.29, 1.82) is 0 Å². The van der Waals surface area contributed by atoms with Crippen LogP contribution in [0, 0.1) is 0 Å². The second-order valence-electron chi connectivity index (χ2n) is 5.55. The molecule has 0 spiro atoms. The van der Waals surface area contributed by atoms with Gasteiger partial charge in [0.25, 0.3) is 5.91 Å². The molecule has 1 aromatic heterocycles.